The van der Waals surface area contributed by atoms with Gasteiger partial charge in [-0.05, 0) is 48.6 Å². The zero-order valence-electron chi connectivity index (χ0n) is 13.0. The van der Waals surface area contributed by atoms with Gasteiger partial charge >= 0.3 is 0 Å². The van der Waals surface area contributed by atoms with E-state index < -0.39 is 0 Å². The molecule has 1 heterocycles. The number of halogens is 2. The van der Waals surface area contributed by atoms with E-state index in [4.69, 9.17) is 35.4 Å². The Morgan fingerprint density at radius 3 is 2.56 bits per heavy atom. The monoisotopic (exact) mass is 393 g/mol. The highest BCUT2D eigenvalue weighted by Gasteiger charge is 2.13. The van der Waals surface area contributed by atoms with Crippen molar-refractivity contribution in [2.75, 3.05) is 17.4 Å². The maximum atomic E-state index is 12.2. The van der Waals surface area contributed by atoms with Crippen LogP contribution in [0, 0.1) is 5.21 Å². The number of fused-ring (bicyclic) bond motifs is 1. The van der Waals surface area contributed by atoms with Gasteiger partial charge in [-0.15, -0.1) is 0 Å². The molecule has 0 aliphatic carbocycles. The van der Waals surface area contributed by atoms with Crippen LogP contribution in [0.4, 0.5) is 11.5 Å². The van der Waals surface area contributed by atoms with Crippen LogP contribution in [0.15, 0.2) is 48.7 Å². The van der Waals surface area contributed by atoms with Crippen molar-refractivity contribution in [2.45, 2.75) is 0 Å². The molecule has 0 aliphatic heterocycles. The summed E-state index contributed by atoms with van der Waals surface area (Å²) in [5.41, 5.74) is 4.65. The summed E-state index contributed by atoms with van der Waals surface area (Å²) in [7, 11) is 1.71. The average molecular weight is 394 g/mol. The van der Waals surface area contributed by atoms with E-state index in [2.05, 4.69) is 15.7 Å². The summed E-state index contributed by atoms with van der Waals surface area (Å²) in [5.74, 6) is 0.407. The van der Waals surface area contributed by atoms with Crippen molar-refractivity contribution in [1.82, 2.24) is 10.4 Å². The van der Waals surface area contributed by atoms with E-state index in [0.29, 0.717) is 32.0 Å². The molecule has 0 radical (unpaired) electrons. The Morgan fingerprint density at radius 1 is 1.16 bits per heavy atom. The number of hydrogen-bond donors (Lipinski definition) is 2. The molecular weight excluding hydrogens is 381 g/mol. The molecule has 0 saturated carbocycles. The lowest BCUT2D eigenvalue weighted by molar-refractivity contribution is -0.576. The third-order valence-electron chi connectivity index (χ3n) is 3.36. The Hall–Kier alpha value is -2.35. The van der Waals surface area contributed by atoms with Gasteiger partial charge in [-0.2, -0.15) is 4.73 Å². The predicted molar refractivity (Wildman–Crippen MR) is 105 cm³/mol. The Labute approximate surface area is 159 Å². The Balaban J connectivity index is 1.75. The molecule has 0 aliphatic rings. The minimum Gasteiger partial charge on any atom is -0.618 e. The van der Waals surface area contributed by atoms with E-state index in [1.165, 1.54) is 6.20 Å². The normalized spacial score (nSPS) is 10.5. The van der Waals surface area contributed by atoms with Crippen LogP contribution in [-0.4, -0.2) is 17.1 Å². The van der Waals surface area contributed by atoms with Crippen LogP contribution < -0.4 is 20.5 Å². The highest BCUT2D eigenvalue weighted by Crippen LogP contribution is 2.17. The van der Waals surface area contributed by atoms with Gasteiger partial charge in [0.15, 0.2) is 5.11 Å². The Morgan fingerprint density at radius 2 is 1.84 bits per heavy atom. The fourth-order valence-corrected chi connectivity index (χ4v) is 2.70. The molecule has 2 aromatic carbocycles. The molecule has 0 amide bonds. The van der Waals surface area contributed by atoms with Gasteiger partial charge in [0, 0.05) is 28.8 Å². The molecular formula is C16H13Cl2N5OS. The summed E-state index contributed by atoms with van der Waals surface area (Å²) < 4.78 is 0.720. The van der Waals surface area contributed by atoms with Crippen molar-refractivity contribution in [3.8, 4) is 0 Å². The molecule has 0 unspecified atom stereocenters. The van der Waals surface area contributed by atoms with Crippen LogP contribution in [0.25, 0.3) is 11.0 Å². The first-order valence-corrected chi connectivity index (χ1v) is 8.35. The summed E-state index contributed by atoms with van der Waals surface area (Å²) in [5, 5.41) is 18.2. The quantitative estimate of drug-likeness (QED) is 0.307. The van der Waals surface area contributed by atoms with Gasteiger partial charge < -0.3 is 10.5 Å². The van der Waals surface area contributed by atoms with E-state index >= 15 is 0 Å². The Kier molecular flexibility index (Phi) is 5.08. The number of nitrogens with zero attached hydrogens (tertiary/aromatic N) is 3. The van der Waals surface area contributed by atoms with Gasteiger partial charge in [0.1, 0.15) is 5.52 Å². The van der Waals surface area contributed by atoms with E-state index in [-0.39, 0.29) is 0 Å². The van der Waals surface area contributed by atoms with E-state index in [1.54, 1.807) is 54.5 Å². The van der Waals surface area contributed by atoms with Crippen LogP contribution in [0.5, 0.6) is 0 Å². The first kappa shape index (κ1) is 17.5. The van der Waals surface area contributed by atoms with Crippen LogP contribution >= 0.6 is 35.4 Å². The van der Waals surface area contributed by atoms with Crippen LogP contribution in [-0.2, 0) is 0 Å². The molecule has 3 aromatic rings. The molecule has 6 nitrogen and oxygen atoms in total. The second-order valence-electron chi connectivity index (χ2n) is 5.19. The third kappa shape index (κ3) is 4.19. The standard InChI is InChI=1S/C16H13Cl2N5OS/c1-22(21-16(25)19-12-5-2-10(17)3-6-12)15-9-23(24)14-8-11(18)4-7-13(14)20-15/h2-9H,1H3,(H2,19,21,25). The molecule has 25 heavy (non-hydrogen) atoms. The van der Waals surface area contributed by atoms with Crippen LogP contribution in [0.1, 0.15) is 0 Å². The molecule has 3 rings (SSSR count). The number of aromatic nitrogens is 2. The highest BCUT2D eigenvalue weighted by molar-refractivity contribution is 7.80. The first-order chi connectivity index (χ1) is 11.9. The smallest absolute Gasteiger partial charge is 0.244 e. The average Bonchev–Trinajstić information content (AvgIpc) is 2.57. The molecule has 0 fully saturated rings. The summed E-state index contributed by atoms with van der Waals surface area (Å²) in [6.07, 6.45) is 1.34. The molecule has 9 heteroatoms. The SMILES string of the molecule is CN(NC(=S)Nc1ccc(Cl)cc1)c1c[n+]([O-])c2cc(Cl)ccc2n1. The van der Waals surface area contributed by atoms with Crippen molar-refractivity contribution in [3.63, 3.8) is 0 Å². The lowest BCUT2D eigenvalue weighted by Gasteiger charge is -2.21. The first-order valence-electron chi connectivity index (χ1n) is 7.19. The van der Waals surface area contributed by atoms with Crippen LogP contribution in [0.2, 0.25) is 10.0 Å². The van der Waals surface area contributed by atoms with Crippen molar-refractivity contribution in [1.29, 1.82) is 0 Å². The zero-order chi connectivity index (χ0) is 18.0. The summed E-state index contributed by atoms with van der Waals surface area (Å²) in [6, 6.07) is 12.1. The maximum absolute atomic E-state index is 12.2. The molecule has 0 atom stereocenters. The van der Waals surface area contributed by atoms with Gasteiger partial charge in [0.05, 0.1) is 0 Å². The van der Waals surface area contributed by atoms with Crippen LogP contribution in [0.3, 0.4) is 0 Å². The molecule has 1 aromatic heterocycles. The van der Waals surface area contributed by atoms with Crippen molar-refractivity contribution in [2.24, 2.45) is 0 Å². The van der Waals surface area contributed by atoms with E-state index in [0.717, 1.165) is 10.4 Å². The number of nitrogens with one attached hydrogen (secondary N) is 2. The number of benzene rings is 2. The third-order valence-corrected chi connectivity index (χ3v) is 4.04. The fourth-order valence-electron chi connectivity index (χ4n) is 2.16. The number of thiocarbonyl (C=S) groups is 1. The molecule has 0 spiro atoms. The molecule has 0 bridgehead atoms. The van der Waals surface area contributed by atoms with Gasteiger partial charge in [-0.3, -0.25) is 10.4 Å². The minimum atomic E-state index is 0.347. The number of hydrazine groups is 1. The Bertz CT molecular complexity index is 936. The maximum Gasteiger partial charge on any atom is 0.244 e. The van der Waals surface area contributed by atoms with Crippen molar-refractivity contribution >= 4 is 63.1 Å². The summed E-state index contributed by atoms with van der Waals surface area (Å²) in [6.45, 7) is 0. The van der Waals surface area contributed by atoms with Gasteiger partial charge in [0.25, 0.3) is 0 Å². The van der Waals surface area contributed by atoms with Gasteiger partial charge in [-0.25, -0.2) is 4.98 Å². The summed E-state index contributed by atoms with van der Waals surface area (Å²) >= 11 is 17.0. The van der Waals surface area contributed by atoms with Gasteiger partial charge in [-0.1, -0.05) is 23.2 Å². The number of anilines is 2. The minimum absolute atomic E-state index is 0.347. The lowest BCUT2D eigenvalue weighted by atomic mass is 10.3. The molecule has 0 saturated heterocycles. The molecule has 128 valence electrons. The second kappa shape index (κ2) is 7.26. The van der Waals surface area contributed by atoms with Gasteiger partial charge in [0.2, 0.25) is 17.5 Å². The zero-order valence-corrected chi connectivity index (χ0v) is 15.4. The largest absolute Gasteiger partial charge is 0.618 e. The van der Waals surface area contributed by atoms with E-state index in [9.17, 15) is 5.21 Å². The fraction of sp³-hybridized carbons (Fsp3) is 0.0625. The topological polar surface area (TPSA) is 67.1 Å². The van der Waals surface area contributed by atoms with Crippen molar-refractivity contribution in [3.05, 3.63) is 63.9 Å². The predicted octanol–water partition coefficient (Wildman–Crippen LogP) is 3.51. The number of rotatable bonds is 3. The molecule has 2 N–H and O–H groups in total. The lowest BCUT2D eigenvalue weighted by Crippen LogP contribution is -2.43. The highest BCUT2D eigenvalue weighted by atomic mass is 35.5. The second-order valence-corrected chi connectivity index (χ2v) is 6.47. The summed E-state index contributed by atoms with van der Waals surface area (Å²) in [4.78, 5) is 4.43. The van der Waals surface area contributed by atoms with E-state index in [1.807, 2.05) is 0 Å². The number of hydrogen-bond acceptors (Lipinski definition) is 4. The van der Waals surface area contributed by atoms with Crippen molar-refractivity contribution < 1.29 is 4.73 Å².